The Morgan fingerprint density at radius 1 is 1.41 bits per heavy atom. The summed E-state index contributed by atoms with van der Waals surface area (Å²) in [5.74, 6) is 0.220. The van der Waals surface area contributed by atoms with Gasteiger partial charge in [0.2, 0.25) is 5.95 Å². The summed E-state index contributed by atoms with van der Waals surface area (Å²) in [5, 5.41) is 2.86. The van der Waals surface area contributed by atoms with E-state index in [1.807, 2.05) is 13.0 Å². The van der Waals surface area contributed by atoms with E-state index in [1.54, 1.807) is 6.07 Å². The van der Waals surface area contributed by atoms with Crippen LogP contribution >= 0.6 is 15.9 Å². The number of hydrogen-bond donors (Lipinski definition) is 2. The van der Waals surface area contributed by atoms with Crippen LogP contribution < -0.4 is 11.1 Å². The number of rotatable bonds is 2. The molecule has 0 aliphatic heterocycles. The third-order valence-corrected chi connectivity index (χ3v) is 2.72. The van der Waals surface area contributed by atoms with E-state index in [0.29, 0.717) is 16.0 Å². The number of nitrogen functional groups attached to an aromatic ring is 1. The fourth-order valence-electron chi connectivity index (χ4n) is 1.32. The average molecular weight is 297 g/mol. The summed E-state index contributed by atoms with van der Waals surface area (Å²) >= 11 is 3.26. The standard InChI is InChI=1S/C11H10BrFN4/c1-6-2-3-9(8(13)4-6)16-10-7(12)5-15-11(14)17-10/h2-5H,1H3,(H3,14,15,16,17). The quantitative estimate of drug-likeness (QED) is 0.894. The smallest absolute Gasteiger partial charge is 0.222 e. The summed E-state index contributed by atoms with van der Waals surface area (Å²) in [6, 6.07) is 4.90. The molecule has 0 amide bonds. The summed E-state index contributed by atoms with van der Waals surface area (Å²) in [5.41, 5.74) is 6.66. The molecule has 0 radical (unpaired) electrons. The van der Waals surface area contributed by atoms with Gasteiger partial charge in [0.25, 0.3) is 0 Å². The van der Waals surface area contributed by atoms with Crippen molar-refractivity contribution in [2.24, 2.45) is 0 Å². The van der Waals surface area contributed by atoms with Crippen LogP contribution in [0.2, 0.25) is 0 Å². The van der Waals surface area contributed by atoms with Gasteiger partial charge in [-0.05, 0) is 40.5 Å². The molecule has 1 heterocycles. The topological polar surface area (TPSA) is 63.8 Å². The number of aromatic nitrogens is 2. The summed E-state index contributed by atoms with van der Waals surface area (Å²) in [4.78, 5) is 7.78. The van der Waals surface area contributed by atoms with Crippen LogP contribution in [0, 0.1) is 12.7 Å². The molecule has 17 heavy (non-hydrogen) atoms. The van der Waals surface area contributed by atoms with E-state index in [-0.39, 0.29) is 11.8 Å². The first-order chi connectivity index (χ1) is 8.06. The molecular formula is C11H10BrFN4. The molecule has 3 N–H and O–H groups in total. The van der Waals surface area contributed by atoms with Gasteiger partial charge in [-0.25, -0.2) is 9.37 Å². The molecule has 0 saturated heterocycles. The Morgan fingerprint density at radius 2 is 2.18 bits per heavy atom. The number of benzene rings is 1. The lowest BCUT2D eigenvalue weighted by Gasteiger charge is -2.09. The molecule has 2 aromatic rings. The highest BCUT2D eigenvalue weighted by Gasteiger charge is 2.07. The highest BCUT2D eigenvalue weighted by molar-refractivity contribution is 9.10. The second kappa shape index (κ2) is 4.67. The Balaban J connectivity index is 2.34. The maximum Gasteiger partial charge on any atom is 0.222 e. The van der Waals surface area contributed by atoms with Crippen LogP contribution in [0.5, 0.6) is 0 Å². The summed E-state index contributed by atoms with van der Waals surface area (Å²) in [6.07, 6.45) is 1.51. The Hall–Kier alpha value is -1.69. The van der Waals surface area contributed by atoms with Crippen molar-refractivity contribution in [1.82, 2.24) is 9.97 Å². The first-order valence-corrected chi connectivity index (χ1v) is 5.67. The number of nitrogens with one attached hydrogen (secondary N) is 1. The molecule has 0 aliphatic rings. The lowest BCUT2D eigenvalue weighted by atomic mass is 10.2. The normalized spacial score (nSPS) is 10.3. The van der Waals surface area contributed by atoms with Gasteiger partial charge < -0.3 is 11.1 Å². The van der Waals surface area contributed by atoms with Gasteiger partial charge in [-0.2, -0.15) is 4.98 Å². The van der Waals surface area contributed by atoms with E-state index in [0.717, 1.165) is 5.56 Å². The fraction of sp³-hybridized carbons (Fsp3) is 0.0909. The van der Waals surface area contributed by atoms with E-state index >= 15 is 0 Å². The molecule has 0 bridgehead atoms. The van der Waals surface area contributed by atoms with Gasteiger partial charge in [0.1, 0.15) is 11.6 Å². The molecular weight excluding hydrogens is 287 g/mol. The maximum absolute atomic E-state index is 13.6. The van der Waals surface area contributed by atoms with Gasteiger partial charge >= 0.3 is 0 Å². The van der Waals surface area contributed by atoms with E-state index in [2.05, 4.69) is 31.2 Å². The molecule has 0 saturated carbocycles. The Kier molecular flexibility index (Phi) is 3.23. The minimum atomic E-state index is -0.339. The van der Waals surface area contributed by atoms with Crippen LogP contribution in [0.1, 0.15) is 5.56 Å². The van der Waals surface area contributed by atoms with Crippen molar-refractivity contribution in [3.8, 4) is 0 Å². The highest BCUT2D eigenvalue weighted by Crippen LogP contribution is 2.25. The van der Waals surface area contributed by atoms with Crippen LogP contribution in [0.15, 0.2) is 28.9 Å². The van der Waals surface area contributed by atoms with Gasteiger partial charge in [-0.1, -0.05) is 6.07 Å². The lowest BCUT2D eigenvalue weighted by molar-refractivity contribution is 0.630. The predicted octanol–water partition coefficient (Wildman–Crippen LogP) is 3.01. The molecule has 0 unspecified atom stereocenters. The number of nitrogens with zero attached hydrogens (tertiary/aromatic N) is 2. The van der Waals surface area contributed by atoms with Crippen LogP contribution in [0.25, 0.3) is 0 Å². The molecule has 2 rings (SSSR count). The molecule has 0 aliphatic carbocycles. The second-order valence-corrected chi connectivity index (χ2v) is 4.39. The van der Waals surface area contributed by atoms with E-state index < -0.39 is 0 Å². The molecule has 4 nitrogen and oxygen atoms in total. The minimum Gasteiger partial charge on any atom is -0.368 e. The molecule has 6 heteroatoms. The van der Waals surface area contributed by atoms with Crippen molar-refractivity contribution >= 4 is 33.4 Å². The number of anilines is 3. The maximum atomic E-state index is 13.6. The summed E-state index contributed by atoms with van der Waals surface area (Å²) < 4.78 is 14.2. The predicted molar refractivity (Wildman–Crippen MR) is 68.6 cm³/mol. The van der Waals surface area contributed by atoms with Gasteiger partial charge in [0.05, 0.1) is 10.2 Å². The van der Waals surface area contributed by atoms with E-state index in [1.165, 1.54) is 12.3 Å². The third kappa shape index (κ3) is 2.71. The van der Waals surface area contributed by atoms with Crippen LogP contribution in [-0.4, -0.2) is 9.97 Å². The zero-order valence-corrected chi connectivity index (χ0v) is 10.6. The zero-order chi connectivity index (χ0) is 12.4. The van der Waals surface area contributed by atoms with E-state index in [4.69, 9.17) is 5.73 Å². The number of halogens is 2. The summed E-state index contributed by atoms with van der Waals surface area (Å²) in [6.45, 7) is 1.82. The van der Waals surface area contributed by atoms with Crippen molar-refractivity contribution in [3.63, 3.8) is 0 Å². The highest BCUT2D eigenvalue weighted by atomic mass is 79.9. The second-order valence-electron chi connectivity index (χ2n) is 3.53. The van der Waals surface area contributed by atoms with Crippen molar-refractivity contribution < 1.29 is 4.39 Å². The van der Waals surface area contributed by atoms with Crippen molar-refractivity contribution in [2.75, 3.05) is 11.1 Å². The van der Waals surface area contributed by atoms with Gasteiger partial charge in [0.15, 0.2) is 0 Å². The Bertz CT molecular complexity index is 559. The molecule has 1 aromatic carbocycles. The lowest BCUT2D eigenvalue weighted by Crippen LogP contribution is -2.01. The van der Waals surface area contributed by atoms with Crippen molar-refractivity contribution in [1.29, 1.82) is 0 Å². The third-order valence-electron chi connectivity index (χ3n) is 2.14. The molecule has 88 valence electrons. The van der Waals surface area contributed by atoms with Gasteiger partial charge in [0, 0.05) is 6.20 Å². The number of aryl methyl sites for hydroxylation is 1. The van der Waals surface area contributed by atoms with Gasteiger partial charge in [-0.15, -0.1) is 0 Å². The van der Waals surface area contributed by atoms with Gasteiger partial charge in [-0.3, -0.25) is 0 Å². The van der Waals surface area contributed by atoms with Crippen LogP contribution in [-0.2, 0) is 0 Å². The fourth-order valence-corrected chi connectivity index (χ4v) is 1.61. The number of hydrogen-bond acceptors (Lipinski definition) is 4. The van der Waals surface area contributed by atoms with Crippen molar-refractivity contribution in [2.45, 2.75) is 6.92 Å². The van der Waals surface area contributed by atoms with Crippen molar-refractivity contribution in [3.05, 3.63) is 40.2 Å². The Labute approximate surface area is 106 Å². The Morgan fingerprint density at radius 3 is 2.88 bits per heavy atom. The summed E-state index contributed by atoms with van der Waals surface area (Å²) in [7, 11) is 0. The average Bonchev–Trinajstić information content (AvgIpc) is 2.27. The monoisotopic (exact) mass is 296 g/mol. The molecule has 0 spiro atoms. The zero-order valence-electron chi connectivity index (χ0n) is 9.04. The van der Waals surface area contributed by atoms with Crippen LogP contribution in [0.3, 0.4) is 0 Å². The molecule has 0 fully saturated rings. The molecule has 0 atom stereocenters. The largest absolute Gasteiger partial charge is 0.368 e. The molecule has 1 aromatic heterocycles. The first-order valence-electron chi connectivity index (χ1n) is 4.87. The van der Waals surface area contributed by atoms with Crippen LogP contribution in [0.4, 0.5) is 21.8 Å². The number of nitrogens with two attached hydrogens (primary N) is 1. The first kappa shape index (κ1) is 11.8. The minimum absolute atomic E-state index is 0.128. The SMILES string of the molecule is Cc1ccc(Nc2nc(N)ncc2Br)c(F)c1. The van der Waals surface area contributed by atoms with E-state index in [9.17, 15) is 4.39 Å².